The van der Waals surface area contributed by atoms with E-state index in [0.717, 1.165) is 19.3 Å². The van der Waals surface area contributed by atoms with Crippen molar-refractivity contribution in [3.63, 3.8) is 0 Å². The fourth-order valence-electron chi connectivity index (χ4n) is 3.94. The lowest BCUT2D eigenvalue weighted by Gasteiger charge is -2.32. The smallest absolute Gasteiger partial charge is 0.465 e. The van der Waals surface area contributed by atoms with Crippen LogP contribution in [0.5, 0.6) is 0 Å². The average Bonchev–Trinajstić information content (AvgIpc) is 2.85. The predicted octanol–water partition coefficient (Wildman–Crippen LogP) is 2.56. The molecule has 1 aliphatic carbocycles. The summed E-state index contributed by atoms with van der Waals surface area (Å²) in [6.45, 7) is 0.310. The zero-order valence-electron chi connectivity index (χ0n) is 20.4. The van der Waals surface area contributed by atoms with E-state index in [1.807, 2.05) is 0 Å². The van der Waals surface area contributed by atoms with Gasteiger partial charge >= 0.3 is 29.5 Å². The molecule has 0 aromatic rings. The van der Waals surface area contributed by atoms with Crippen LogP contribution in [0.1, 0.15) is 44.9 Å². The van der Waals surface area contributed by atoms with Gasteiger partial charge in [-0.15, -0.1) is 0 Å². The Labute approximate surface area is 193 Å². The van der Waals surface area contributed by atoms with Gasteiger partial charge in [-0.3, -0.25) is 9.59 Å². The summed E-state index contributed by atoms with van der Waals surface area (Å²) in [7, 11) is 3.78. The van der Waals surface area contributed by atoms with Gasteiger partial charge in [0.05, 0.1) is 13.2 Å². The molecule has 188 valence electrons. The molecule has 0 N–H and O–H groups in total. The molecule has 0 spiro atoms. The van der Waals surface area contributed by atoms with Crippen LogP contribution in [0.4, 0.5) is 0 Å². The topological polar surface area (TPSA) is 108 Å². The number of carbonyl (C=O) groups excluding carboxylic acids is 2. The summed E-state index contributed by atoms with van der Waals surface area (Å²) in [5.41, 5.74) is -1.24. The molecule has 1 saturated carbocycles. The Morgan fingerprint density at radius 1 is 0.625 bits per heavy atom. The first-order valence-electron chi connectivity index (χ1n) is 11.0. The maximum absolute atomic E-state index is 13.0. The summed E-state index contributed by atoms with van der Waals surface area (Å²) in [6, 6.07) is 1.01. The van der Waals surface area contributed by atoms with Crippen molar-refractivity contribution in [2.45, 2.75) is 57.0 Å². The first kappa shape index (κ1) is 29.2. The van der Waals surface area contributed by atoms with Crippen molar-refractivity contribution in [3.05, 3.63) is 0 Å². The number of carbonyl (C=O) groups is 2. The fourth-order valence-corrected chi connectivity index (χ4v) is 7.32. The second kappa shape index (κ2) is 14.4. The third-order valence-electron chi connectivity index (χ3n) is 6.08. The van der Waals surface area contributed by atoms with Crippen LogP contribution < -0.4 is 0 Å². The van der Waals surface area contributed by atoms with E-state index in [9.17, 15) is 9.59 Å². The maximum atomic E-state index is 13.0. The Kier molecular flexibility index (Phi) is 13.1. The molecule has 0 aliphatic heterocycles. The van der Waals surface area contributed by atoms with Gasteiger partial charge < -0.3 is 36.0 Å². The molecule has 32 heavy (non-hydrogen) atoms. The summed E-state index contributed by atoms with van der Waals surface area (Å²) >= 11 is 0. The largest absolute Gasteiger partial charge is 0.500 e. The van der Waals surface area contributed by atoms with Gasteiger partial charge in [0.25, 0.3) is 0 Å². The summed E-state index contributed by atoms with van der Waals surface area (Å²) in [4.78, 5) is 25.9. The van der Waals surface area contributed by atoms with Gasteiger partial charge in [-0.1, -0.05) is 19.3 Å². The predicted molar refractivity (Wildman–Crippen MR) is 120 cm³/mol. The van der Waals surface area contributed by atoms with E-state index in [4.69, 9.17) is 36.0 Å². The van der Waals surface area contributed by atoms with Gasteiger partial charge in [0, 0.05) is 54.7 Å². The Hall–Kier alpha value is -0.866. The molecular weight excluding hydrogens is 456 g/mol. The standard InChI is InChI=1S/C20H40O10Si2/c1-23-31(24-2,25-3)16-10-14-29-18(21)20(12-8-7-9-13-20)19(22)30-15-11-17-32(26-4,27-5)28-6/h7-17H2,1-6H3. The summed E-state index contributed by atoms with van der Waals surface area (Å²) < 4.78 is 43.3. The molecule has 0 atom stereocenters. The van der Waals surface area contributed by atoms with Gasteiger partial charge in [-0.25, -0.2) is 0 Å². The highest BCUT2D eigenvalue weighted by atomic mass is 28.4. The summed E-state index contributed by atoms with van der Waals surface area (Å²) in [5, 5.41) is 0. The van der Waals surface area contributed by atoms with Crippen molar-refractivity contribution in [3.8, 4) is 0 Å². The van der Waals surface area contributed by atoms with Crippen LogP contribution in [-0.4, -0.2) is 85.4 Å². The molecule has 0 radical (unpaired) electrons. The van der Waals surface area contributed by atoms with Gasteiger partial charge in [-0.05, 0) is 25.7 Å². The monoisotopic (exact) mass is 496 g/mol. The van der Waals surface area contributed by atoms with Crippen LogP contribution in [0.2, 0.25) is 12.1 Å². The van der Waals surface area contributed by atoms with Gasteiger partial charge in [-0.2, -0.15) is 0 Å². The van der Waals surface area contributed by atoms with E-state index >= 15 is 0 Å². The molecule has 0 bridgehead atoms. The normalized spacial score (nSPS) is 16.6. The third-order valence-corrected chi connectivity index (χ3v) is 11.7. The number of esters is 2. The molecule has 1 fully saturated rings. The lowest BCUT2D eigenvalue weighted by Crippen LogP contribution is -2.45. The molecule has 1 aliphatic rings. The van der Waals surface area contributed by atoms with E-state index < -0.39 is 35.0 Å². The maximum Gasteiger partial charge on any atom is 0.500 e. The zero-order valence-corrected chi connectivity index (χ0v) is 22.4. The van der Waals surface area contributed by atoms with Gasteiger partial charge in [0.15, 0.2) is 5.41 Å². The van der Waals surface area contributed by atoms with Crippen LogP contribution >= 0.6 is 0 Å². The van der Waals surface area contributed by atoms with Crippen molar-refractivity contribution in [1.29, 1.82) is 0 Å². The molecule has 12 heteroatoms. The molecule has 0 amide bonds. The van der Waals surface area contributed by atoms with Crippen molar-refractivity contribution in [2.75, 3.05) is 55.9 Å². The molecule has 10 nitrogen and oxygen atoms in total. The number of ether oxygens (including phenoxy) is 2. The van der Waals surface area contributed by atoms with Crippen LogP contribution in [0, 0.1) is 5.41 Å². The number of rotatable bonds is 16. The number of hydrogen-bond acceptors (Lipinski definition) is 10. The van der Waals surface area contributed by atoms with Crippen LogP contribution in [0.15, 0.2) is 0 Å². The fraction of sp³-hybridized carbons (Fsp3) is 0.900. The third kappa shape index (κ3) is 7.59. The lowest BCUT2D eigenvalue weighted by atomic mass is 9.74. The minimum Gasteiger partial charge on any atom is -0.465 e. The van der Waals surface area contributed by atoms with E-state index in [1.54, 1.807) is 0 Å². The highest BCUT2D eigenvalue weighted by Gasteiger charge is 2.49. The Morgan fingerprint density at radius 2 is 0.969 bits per heavy atom. The molecule has 0 unspecified atom stereocenters. The summed E-state index contributed by atoms with van der Waals surface area (Å²) in [6.07, 6.45) is 4.44. The van der Waals surface area contributed by atoms with Crippen molar-refractivity contribution in [1.82, 2.24) is 0 Å². The van der Waals surface area contributed by atoms with Crippen molar-refractivity contribution >= 4 is 29.5 Å². The van der Waals surface area contributed by atoms with Gasteiger partial charge in [0.1, 0.15) is 0 Å². The van der Waals surface area contributed by atoms with Crippen LogP contribution in [0.25, 0.3) is 0 Å². The van der Waals surface area contributed by atoms with Gasteiger partial charge in [0.2, 0.25) is 0 Å². The molecule has 0 aromatic heterocycles. The lowest BCUT2D eigenvalue weighted by molar-refractivity contribution is -0.175. The van der Waals surface area contributed by atoms with Crippen molar-refractivity contribution in [2.24, 2.45) is 5.41 Å². The van der Waals surface area contributed by atoms with E-state index in [-0.39, 0.29) is 13.2 Å². The zero-order chi connectivity index (χ0) is 24.1. The molecule has 0 saturated heterocycles. The van der Waals surface area contributed by atoms with E-state index in [2.05, 4.69) is 0 Å². The Bertz CT molecular complexity index is 502. The number of hydrogen-bond donors (Lipinski definition) is 0. The van der Waals surface area contributed by atoms with Crippen LogP contribution in [0.3, 0.4) is 0 Å². The van der Waals surface area contributed by atoms with Crippen LogP contribution in [-0.2, 0) is 45.6 Å². The SMILES string of the molecule is CO[Si](CCCOC(=O)C1(C(=O)OCCC[Si](OC)(OC)OC)CCCCC1)(OC)OC. The molecular formula is C20H40O10Si2. The highest BCUT2D eigenvalue weighted by molar-refractivity contribution is 6.60. The average molecular weight is 497 g/mol. The van der Waals surface area contributed by atoms with Crippen molar-refractivity contribution < 1.29 is 45.6 Å². The van der Waals surface area contributed by atoms with E-state index in [1.165, 1.54) is 42.7 Å². The second-order valence-electron chi connectivity index (χ2n) is 7.71. The first-order valence-corrected chi connectivity index (χ1v) is 14.8. The Morgan fingerprint density at radius 3 is 1.28 bits per heavy atom. The molecule has 0 aromatic carbocycles. The summed E-state index contributed by atoms with van der Waals surface area (Å²) in [5.74, 6) is -1.03. The Balaban J connectivity index is 2.63. The first-order chi connectivity index (χ1) is 15.3. The minimum absolute atomic E-state index is 0.155. The highest BCUT2D eigenvalue weighted by Crippen LogP contribution is 2.39. The van der Waals surface area contributed by atoms with E-state index in [0.29, 0.717) is 37.8 Å². The molecule has 1 rings (SSSR count). The quantitative estimate of drug-likeness (QED) is 0.137. The minimum atomic E-state index is -2.73. The second-order valence-corrected chi connectivity index (χ2v) is 13.9. The molecule has 0 heterocycles.